The summed E-state index contributed by atoms with van der Waals surface area (Å²) in [6.45, 7) is 11.9. The summed E-state index contributed by atoms with van der Waals surface area (Å²) in [7, 11) is 3.19. The Bertz CT molecular complexity index is 635. The second-order valence-corrected chi connectivity index (χ2v) is 7.66. The molecule has 0 spiro atoms. The monoisotopic (exact) mass is 520 g/mol. The van der Waals surface area contributed by atoms with Crippen LogP contribution in [0.2, 0.25) is 0 Å². The smallest absolute Gasteiger partial charge is 0.191 e. The molecule has 3 atom stereocenters. The van der Waals surface area contributed by atoms with Gasteiger partial charge < -0.3 is 25.2 Å². The van der Waals surface area contributed by atoms with E-state index in [1.165, 1.54) is 0 Å². The van der Waals surface area contributed by atoms with E-state index < -0.39 is 6.10 Å². The van der Waals surface area contributed by atoms with Crippen molar-refractivity contribution in [1.29, 1.82) is 0 Å². The van der Waals surface area contributed by atoms with Crippen molar-refractivity contribution in [1.82, 2.24) is 15.5 Å². The maximum atomic E-state index is 10.6. The zero-order chi connectivity index (χ0) is 20.7. The summed E-state index contributed by atoms with van der Waals surface area (Å²) in [6.07, 6.45) is -0.743. The van der Waals surface area contributed by atoms with Crippen LogP contribution in [-0.4, -0.2) is 68.4 Å². The number of methoxy groups -OCH3 is 2. The molecule has 0 radical (unpaired) electrons. The van der Waals surface area contributed by atoms with Crippen LogP contribution in [0.25, 0.3) is 0 Å². The van der Waals surface area contributed by atoms with E-state index in [0.717, 1.165) is 31.2 Å². The molecule has 3 N–H and O–H groups in total. The third-order valence-corrected chi connectivity index (χ3v) is 5.22. The summed E-state index contributed by atoms with van der Waals surface area (Å²) in [5, 5.41) is 17.4. The van der Waals surface area contributed by atoms with Crippen LogP contribution in [0.4, 0.5) is 0 Å². The third-order valence-electron chi connectivity index (χ3n) is 5.22. The second kappa shape index (κ2) is 12.4. The van der Waals surface area contributed by atoms with Crippen molar-refractivity contribution in [3.8, 4) is 11.5 Å². The molecule has 8 heteroatoms. The number of benzene rings is 1. The van der Waals surface area contributed by atoms with Crippen molar-refractivity contribution in [3.05, 3.63) is 23.8 Å². The fourth-order valence-corrected chi connectivity index (χ4v) is 3.41. The molecule has 0 aromatic heterocycles. The largest absolute Gasteiger partial charge is 0.497 e. The summed E-state index contributed by atoms with van der Waals surface area (Å²) in [5.74, 6) is 2.57. The van der Waals surface area contributed by atoms with Gasteiger partial charge in [-0.3, -0.25) is 9.89 Å². The molecule has 2 rings (SSSR count). The van der Waals surface area contributed by atoms with Gasteiger partial charge in [0.05, 0.1) is 26.9 Å². The number of aliphatic imine (C=N–C) groups is 1. The van der Waals surface area contributed by atoms with Gasteiger partial charge in [0.1, 0.15) is 11.5 Å². The van der Waals surface area contributed by atoms with E-state index >= 15 is 0 Å². The van der Waals surface area contributed by atoms with Crippen molar-refractivity contribution in [3.63, 3.8) is 0 Å². The first-order chi connectivity index (χ1) is 13.4. The van der Waals surface area contributed by atoms with Gasteiger partial charge in [-0.1, -0.05) is 6.92 Å². The average molecular weight is 520 g/mol. The van der Waals surface area contributed by atoms with Gasteiger partial charge in [-0.05, 0) is 44.4 Å². The van der Waals surface area contributed by atoms with E-state index in [0.29, 0.717) is 29.5 Å². The lowest BCUT2D eigenvalue weighted by molar-refractivity contribution is 0.186. The van der Waals surface area contributed by atoms with Crippen molar-refractivity contribution in [2.24, 2.45) is 10.9 Å². The van der Waals surface area contributed by atoms with Crippen LogP contribution in [-0.2, 0) is 0 Å². The normalized spacial score (nSPS) is 20.9. The molecule has 29 heavy (non-hydrogen) atoms. The number of rotatable bonds is 8. The van der Waals surface area contributed by atoms with Crippen LogP contribution in [0.15, 0.2) is 23.2 Å². The van der Waals surface area contributed by atoms with E-state index in [1.54, 1.807) is 20.3 Å². The Morgan fingerprint density at radius 3 is 2.31 bits per heavy atom. The van der Waals surface area contributed by atoms with Crippen LogP contribution in [0, 0.1) is 5.92 Å². The predicted molar refractivity (Wildman–Crippen MR) is 129 cm³/mol. The number of guanidine groups is 1. The van der Waals surface area contributed by atoms with Crippen molar-refractivity contribution >= 4 is 29.9 Å². The maximum absolute atomic E-state index is 10.6. The molecular formula is C21H37IN4O3. The number of nitrogens with zero attached hydrogens (tertiary/aromatic N) is 2. The lowest BCUT2D eigenvalue weighted by Crippen LogP contribution is -2.47. The van der Waals surface area contributed by atoms with Gasteiger partial charge >= 0.3 is 0 Å². The highest BCUT2D eigenvalue weighted by Crippen LogP contribution is 2.26. The first-order valence-corrected chi connectivity index (χ1v) is 10.1. The van der Waals surface area contributed by atoms with E-state index in [9.17, 15) is 5.11 Å². The number of ether oxygens (including phenoxy) is 2. The van der Waals surface area contributed by atoms with Crippen LogP contribution >= 0.6 is 24.0 Å². The fourth-order valence-electron chi connectivity index (χ4n) is 3.41. The van der Waals surface area contributed by atoms with E-state index in [2.05, 4.69) is 41.3 Å². The highest BCUT2D eigenvalue weighted by Gasteiger charge is 2.31. The fraction of sp³-hybridized carbons (Fsp3) is 0.667. The zero-order valence-corrected chi connectivity index (χ0v) is 20.8. The maximum Gasteiger partial charge on any atom is 0.191 e. The van der Waals surface area contributed by atoms with Gasteiger partial charge in [0.2, 0.25) is 0 Å². The molecule has 0 bridgehead atoms. The lowest BCUT2D eigenvalue weighted by atomic mass is 10.1. The molecule has 1 aliphatic rings. The van der Waals surface area contributed by atoms with Crippen molar-refractivity contribution in [2.75, 3.05) is 40.4 Å². The Morgan fingerprint density at radius 1 is 1.21 bits per heavy atom. The van der Waals surface area contributed by atoms with Gasteiger partial charge in [0, 0.05) is 37.8 Å². The van der Waals surface area contributed by atoms with Crippen molar-refractivity contribution in [2.45, 2.75) is 45.9 Å². The Morgan fingerprint density at radius 2 is 1.83 bits per heavy atom. The number of aliphatic hydroxyl groups excluding tert-OH is 1. The zero-order valence-electron chi connectivity index (χ0n) is 18.4. The summed E-state index contributed by atoms with van der Waals surface area (Å²) in [4.78, 5) is 7.09. The molecule has 0 aliphatic carbocycles. The lowest BCUT2D eigenvalue weighted by Gasteiger charge is -2.22. The van der Waals surface area contributed by atoms with Gasteiger partial charge in [-0.15, -0.1) is 24.0 Å². The molecule has 1 fully saturated rings. The molecule has 166 valence electrons. The Balaban J connectivity index is 0.00000420. The average Bonchev–Trinajstić information content (AvgIpc) is 3.06. The predicted octanol–water partition coefficient (Wildman–Crippen LogP) is 2.64. The number of halogens is 1. The van der Waals surface area contributed by atoms with Crippen LogP contribution < -0.4 is 20.1 Å². The molecule has 0 saturated carbocycles. The van der Waals surface area contributed by atoms with Crippen LogP contribution in [0.3, 0.4) is 0 Å². The van der Waals surface area contributed by atoms with Gasteiger partial charge in [0.15, 0.2) is 5.96 Å². The Labute approximate surface area is 192 Å². The third kappa shape index (κ3) is 7.49. The first kappa shape index (κ1) is 25.8. The van der Waals surface area contributed by atoms with Crippen molar-refractivity contribution < 1.29 is 14.6 Å². The van der Waals surface area contributed by atoms with Gasteiger partial charge in [-0.25, -0.2) is 0 Å². The molecule has 0 amide bonds. The van der Waals surface area contributed by atoms with Crippen LogP contribution in [0.5, 0.6) is 11.5 Å². The minimum Gasteiger partial charge on any atom is -0.497 e. The molecule has 7 nitrogen and oxygen atoms in total. The number of hydrogen-bond donors (Lipinski definition) is 3. The summed E-state index contributed by atoms with van der Waals surface area (Å²) < 4.78 is 10.6. The molecule has 1 aromatic carbocycles. The Hall–Kier alpha value is -1.26. The summed E-state index contributed by atoms with van der Waals surface area (Å²) >= 11 is 0. The molecular weight excluding hydrogens is 483 g/mol. The topological polar surface area (TPSA) is 78.4 Å². The summed E-state index contributed by atoms with van der Waals surface area (Å²) in [6, 6.07) is 6.28. The standard InChI is InChI=1S/C21H36N4O3.HI/c1-7-22-21(24-19-13-25(14(2)3)12-15(19)4)23-11-20(26)16-8-17(27-5)10-18(9-16)28-6;/h8-10,14-15,19-20,26H,7,11-13H2,1-6H3,(H2,22,23,24);1H. The Kier molecular flexibility index (Phi) is 11.1. The quantitative estimate of drug-likeness (QED) is 0.278. The first-order valence-electron chi connectivity index (χ1n) is 10.1. The minimum atomic E-state index is -0.743. The molecule has 3 unspecified atom stereocenters. The molecule has 1 aromatic rings. The van der Waals surface area contributed by atoms with Gasteiger partial charge in [0.25, 0.3) is 0 Å². The van der Waals surface area contributed by atoms with E-state index in [-0.39, 0.29) is 30.5 Å². The molecule has 1 heterocycles. The SMILES string of the molecule is CCNC(=NCC(O)c1cc(OC)cc(OC)c1)NC1CN(C(C)C)CC1C.I. The molecule has 1 aliphatic heterocycles. The number of aliphatic hydroxyl groups is 1. The van der Waals surface area contributed by atoms with Gasteiger partial charge in [-0.2, -0.15) is 0 Å². The molecule has 1 saturated heterocycles. The highest BCUT2D eigenvalue weighted by molar-refractivity contribution is 14.0. The van der Waals surface area contributed by atoms with E-state index in [1.807, 2.05) is 19.1 Å². The van der Waals surface area contributed by atoms with E-state index in [4.69, 9.17) is 9.47 Å². The van der Waals surface area contributed by atoms with Crippen LogP contribution in [0.1, 0.15) is 39.4 Å². The number of nitrogens with one attached hydrogen (secondary N) is 2. The second-order valence-electron chi connectivity index (χ2n) is 7.66. The number of hydrogen-bond acceptors (Lipinski definition) is 5. The number of likely N-dealkylation sites (tertiary alicyclic amines) is 1. The highest BCUT2D eigenvalue weighted by atomic mass is 127. The minimum absolute atomic E-state index is 0. The summed E-state index contributed by atoms with van der Waals surface area (Å²) in [5.41, 5.74) is 0.719.